The summed E-state index contributed by atoms with van der Waals surface area (Å²) in [5.41, 5.74) is 0. The minimum absolute atomic E-state index is 0.0881. The summed E-state index contributed by atoms with van der Waals surface area (Å²) < 4.78 is 9.58. The zero-order valence-corrected chi connectivity index (χ0v) is 11.4. The Labute approximate surface area is 113 Å². The van der Waals surface area contributed by atoms with Crippen LogP contribution in [0.2, 0.25) is 0 Å². The molecule has 0 heterocycles. The number of ether oxygens (including phenoxy) is 2. The second kappa shape index (κ2) is 10.5. The van der Waals surface area contributed by atoms with E-state index < -0.39 is 17.9 Å². The molecule has 0 saturated carbocycles. The molecule has 0 spiro atoms. The summed E-state index contributed by atoms with van der Waals surface area (Å²) in [4.78, 5) is 23.3. The Kier molecular flexibility index (Phi) is 9.74. The zero-order valence-electron chi connectivity index (χ0n) is 11.4. The molecule has 0 saturated heterocycles. The van der Waals surface area contributed by atoms with Crippen LogP contribution in [0.15, 0.2) is 12.2 Å². The van der Waals surface area contributed by atoms with Crippen LogP contribution in [0.4, 0.5) is 0 Å². The normalized spacial score (nSPS) is 14.1. The van der Waals surface area contributed by atoms with Crippen LogP contribution >= 0.6 is 0 Å². The molecule has 0 aromatic carbocycles. The van der Waals surface area contributed by atoms with Gasteiger partial charge in [-0.05, 0) is 12.8 Å². The lowest BCUT2D eigenvalue weighted by Gasteiger charge is -2.19. The quantitative estimate of drug-likeness (QED) is 0.463. The average molecular weight is 274 g/mol. The molecule has 110 valence electrons. The Morgan fingerprint density at radius 1 is 1.16 bits per heavy atom. The van der Waals surface area contributed by atoms with Crippen molar-refractivity contribution in [2.24, 2.45) is 11.8 Å². The lowest BCUT2D eigenvalue weighted by molar-refractivity contribution is -0.157. The molecule has 0 amide bonds. The summed E-state index contributed by atoms with van der Waals surface area (Å²) >= 11 is 0. The van der Waals surface area contributed by atoms with E-state index in [0.29, 0.717) is 0 Å². The van der Waals surface area contributed by atoms with Crippen molar-refractivity contribution in [3.8, 4) is 0 Å². The maximum Gasteiger partial charge on any atom is 0.310 e. The van der Waals surface area contributed by atoms with Gasteiger partial charge in [-0.1, -0.05) is 19.1 Å². The van der Waals surface area contributed by atoms with Gasteiger partial charge in [0.15, 0.2) is 0 Å². The molecule has 0 fully saturated rings. The first-order valence-electron chi connectivity index (χ1n) is 6.23. The summed E-state index contributed by atoms with van der Waals surface area (Å²) in [6.45, 7) is 2.92. The molecule has 0 rings (SSSR count). The van der Waals surface area contributed by atoms with Gasteiger partial charge in [-0.15, -0.1) is 0 Å². The minimum atomic E-state index is -0.658. The van der Waals surface area contributed by atoms with Gasteiger partial charge in [-0.2, -0.15) is 0 Å². The summed E-state index contributed by atoms with van der Waals surface area (Å²) in [6, 6.07) is 0. The largest absolute Gasteiger partial charge is 0.463 e. The van der Waals surface area contributed by atoms with Crippen molar-refractivity contribution < 1.29 is 29.3 Å². The van der Waals surface area contributed by atoms with Crippen LogP contribution in [0.25, 0.3) is 0 Å². The maximum absolute atomic E-state index is 11.8. The molecular weight excluding hydrogens is 252 g/mol. The van der Waals surface area contributed by atoms with Crippen LogP contribution in [0.3, 0.4) is 0 Å². The first-order chi connectivity index (χ1) is 9.06. The average Bonchev–Trinajstić information content (AvgIpc) is 2.39. The fraction of sp³-hybridized carbons (Fsp3) is 0.692. The fourth-order valence-electron chi connectivity index (χ4n) is 1.57. The van der Waals surface area contributed by atoms with E-state index in [2.05, 4.69) is 0 Å². The van der Waals surface area contributed by atoms with Crippen molar-refractivity contribution in [1.82, 2.24) is 0 Å². The summed E-state index contributed by atoms with van der Waals surface area (Å²) in [5, 5.41) is 17.2. The Hall–Kier alpha value is -1.40. The molecule has 0 aliphatic rings. The Balaban J connectivity index is 4.57. The van der Waals surface area contributed by atoms with Gasteiger partial charge < -0.3 is 19.7 Å². The van der Waals surface area contributed by atoms with Crippen LogP contribution in [0, 0.1) is 11.8 Å². The fourth-order valence-corrected chi connectivity index (χ4v) is 1.57. The lowest BCUT2D eigenvalue weighted by atomic mass is 9.90. The van der Waals surface area contributed by atoms with Gasteiger partial charge in [-0.25, -0.2) is 0 Å². The molecule has 2 unspecified atom stereocenters. The van der Waals surface area contributed by atoms with Gasteiger partial charge in [0.2, 0.25) is 0 Å². The molecule has 6 heteroatoms. The van der Waals surface area contributed by atoms with Crippen molar-refractivity contribution in [1.29, 1.82) is 0 Å². The number of aliphatic hydroxyl groups is 2. The topological polar surface area (TPSA) is 93.1 Å². The van der Waals surface area contributed by atoms with Crippen LogP contribution in [-0.4, -0.2) is 48.6 Å². The molecule has 0 bridgehead atoms. The standard InChI is InChI=1S/C13H22O6/c1-3-4-10(2)11(13(17)19-8-6-15)9-12(16)18-7-5-14/h3-4,10-11,14-15H,5-9H2,1-2H3/b4-3+. The van der Waals surface area contributed by atoms with Crippen molar-refractivity contribution in [2.45, 2.75) is 20.3 Å². The van der Waals surface area contributed by atoms with E-state index in [4.69, 9.17) is 19.7 Å². The van der Waals surface area contributed by atoms with E-state index in [-0.39, 0.29) is 38.8 Å². The third-order valence-electron chi connectivity index (χ3n) is 2.51. The third-order valence-corrected chi connectivity index (χ3v) is 2.51. The number of aliphatic hydroxyl groups excluding tert-OH is 2. The highest BCUT2D eigenvalue weighted by molar-refractivity contribution is 5.80. The highest BCUT2D eigenvalue weighted by Crippen LogP contribution is 2.20. The maximum atomic E-state index is 11.8. The van der Waals surface area contributed by atoms with Gasteiger partial charge in [0.1, 0.15) is 13.2 Å². The van der Waals surface area contributed by atoms with E-state index >= 15 is 0 Å². The van der Waals surface area contributed by atoms with Gasteiger partial charge in [-0.3, -0.25) is 9.59 Å². The summed E-state index contributed by atoms with van der Waals surface area (Å²) in [7, 11) is 0. The lowest BCUT2D eigenvalue weighted by Crippen LogP contribution is -2.28. The van der Waals surface area contributed by atoms with E-state index in [9.17, 15) is 9.59 Å². The number of carbonyl (C=O) groups is 2. The zero-order chi connectivity index (χ0) is 14.7. The van der Waals surface area contributed by atoms with Gasteiger partial charge >= 0.3 is 11.9 Å². The number of hydrogen-bond acceptors (Lipinski definition) is 6. The van der Waals surface area contributed by atoms with E-state index in [1.165, 1.54) is 0 Å². The minimum Gasteiger partial charge on any atom is -0.463 e. The van der Waals surface area contributed by atoms with Crippen LogP contribution in [0.5, 0.6) is 0 Å². The van der Waals surface area contributed by atoms with E-state index in [1.54, 1.807) is 19.1 Å². The highest BCUT2D eigenvalue weighted by atomic mass is 16.5. The number of rotatable bonds is 9. The molecule has 0 aliphatic carbocycles. The van der Waals surface area contributed by atoms with Crippen molar-refractivity contribution in [3.05, 3.63) is 12.2 Å². The molecule has 6 nitrogen and oxygen atoms in total. The van der Waals surface area contributed by atoms with Gasteiger partial charge in [0.25, 0.3) is 0 Å². The Bertz CT molecular complexity index is 300. The van der Waals surface area contributed by atoms with E-state index in [1.807, 2.05) is 6.92 Å². The number of carbonyl (C=O) groups excluding carboxylic acids is 2. The number of esters is 2. The monoisotopic (exact) mass is 274 g/mol. The molecular formula is C13H22O6. The third kappa shape index (κ3) is 7.58. The van der Waals surface area contributed by atoms with Crippen molar-refractivity contribution in [3.63, 3.8) is 0 Å². The van der Waals surface area contributed by atoms with E-state index in [0.717, 1.165) is 0 Å². The first kappa shape index (κ1) is 17.6. The Morgan fingerprint density at radius 2 is 1.74 bits per heavy atom. The van der Waals surface area contributed by atoms with Crippen LogP contribution in [-0.2, 0) is 19.1 Å². The van der Waals surface area contributed by atoms with Crippen molar-refractivity contribution in [2.75, 3.05) is 26.4 Å². The van der Waals surface area contributed by atoms with Crippen molar-refractivity contribution >= 4 is 11.9 Å². The SMILES string of the molecule is C/C=C/C(C)C(CC(=O)OCCO)C(=O)OCCO. The number of hydrogen-bond donors (Lipinski definition) is 2. The smallest absolute Gasteiger partial charge is 0.310 e. The predicted octanol–water partition coefficient (Wildman–Crippen LogP) is 0.276. The summed E-state index contributed by atoms with van der Waals surface area (Å²) in [5.74, 6) is -1.94. The molecule has 19 heavy (non-hydrogen) atoms. The Morgan fingerprint density at radius 3 is 2.26 bits per heavy atom. The first-order valence-corrected chi connectivity index (χ1v) is 6.23. The molecule has 0 aromatic heterocycles. The second-order valence-corrected chi connectivity index (χ2v) is 4.03. The number of allylic oxidation sites excluding steroid dienone is 2. The predicted molar refractivity (Wildman–Crippen MR) is 68.2 cm³/mol. The van der Waals surface area contributed by atoms with Crippen LogP contribution < -0.4 is 0 Å². The van der Waals surface area contributed by atoms with Gasteiger partial charge in [0, 0.05) is 0 Å². The second-order valence-electron chi connectivity index (χ2n) is 4.03. The molecule has 0 aliphatic heterocycles. The molecule has 0 radical (unpaired) electrons. The molecule has 0 aromatic rings. The molecule has 2 N–H and O–H groups in total. The summed E-state index contributed by atoms with van der Waals surface area (Å²) in [6.07, 6.45) is 3.47. The van der Waals surface area contributed by atoms with Gasteiger partial charge in [0.05, 0.1) is 25.6 Å². The van der Waals surface area contributed by atoms with Crippen LogP contribution in [0.1, 0.15) is 20.3 Å². The highest BCUT2D eigenvalue weighted by Gasteiger charge is 2.28. The molecule has 2 atom stereocenters.